The minimum Gasteiger partial charge on any atom is -0.388 e. The van der Waals surface area contributed by atoms with Crippen molar-refractivity contribution >= 4 is 27.5 Å². The zero-order valence-electron chi connectivity index (χ0n) is 12.5. The van der Waals surface area contributed by atoms with Crippen molar-refractivity contribution in [2.45, 2.75) is 45.4 Å². The van der Waals surface area contributed by atoms with Gasteiger partial charge in [0.1, 0.15) is 11.4 Å². The van der Waals surface area contributed by atoms with E-state index in [-0.39, 0.29) is 18.0 Å². The molecule has 2 N–H and O–H groups in total. The van der Waals surface area contributed by atoms with E-state index in [1.807, 2.05) is 0 Å². The summed E-state index contributed by atoms with van der Waals surface area (Å²) >= 11 is 1.38. The minimum absolute atomic E-state index is 0.128. The summed E-state index contributed by atoms with van der Waals surface area (Å²) in [6.07, 6.45) is 1.37. The molecule has 7 heteroatoms. The average Bonchev–Trinajstić information content (AvgIpc) is 2.79. The van der Waals surface area contributed by atoms with Crippen molar-refractivity contribution in [1.29, 1.82) is 0 Å². The van der Waals surface area contributed by atoms with Gasteiger partial charge in [0.25, 0.3) is 5.56 Å². The third kappa shape index (κ3) is 3.14. The number of fused-ring (bicyclic) bond motifs is 1. The first-order valence-corrected chi connectivity index (χ1v) is 7.46. The molecule has 6 nitrogen and oxygen atoms in total. The Hall–Kier alpha value is -1.73. The van der Waals surface area contributed by atoms with Crippen LogP contribution in [0.1, 0.15) is 27.7 Å². The predicted octanol–water partition coefficient (Wildman–Crippen LogP) is 1.12. The molecule has 2 rings (SSSR count). The quantitative estimate of drug-likeness (QED) is 0.886. The molecule has 0 bridgehead atoms. The molecule has 0 saturated heterocycles. The largest absolute Gasteiger partial charge is 0.388 e. The van der Waals surface area contributed by atoms with Gasteiger partial charge < -0.3 is 10.4 Å². The van der Waals surface area contributed by atoms with Gasteiger partial charge in [0.15, 0.2) is 0 Å². The molecule has 0 aliphatic carbocycles. The van der Waals surface area contributed by atoms with Crippen LogP contribution in [0.3, 0.4) is 0 Å². The molecule has 0 fully saturated rings. The second-order valence-corrected chi connectivity index (χ2v) is 6.94. The summed E-state index contributed by atoms with van der Waals surface area (Å²) in [7, 11) is 0. The Bertz CT molecular complexity index is 725. The van der Waals surface area contributed by atoms with Gasteiger partial charge in [-0.3, -0.25) is 14.2 Å². The molecular formula is C14H19N3O3S. The van der Waals surface area contributed by atoms with Crippen LogP contribution in [0, 0.1) is 0 Å². The third-order valence-electron chi connectivity index (χ3n) is 3.75. The number of nitrogens with one attached hydrogen (secondary N) is 1. The van der Waals surface area contributed by atoms with E-state index in [0.717, 1.165) is 0 Å². The summed E-state index contributed by atoms with van der Waals surface area (Å²) in [5.74, 6) is -0.347. The molecule has 0 aliphatic heterocycles. The van der Waals surface area contributed by atoms with Crippen LogP contribution in [0.4, 0.5) is 0 Å². The number of hydrogen-bond donors (Lipinski definition) is 2. The normalized spacial score (nSPS) is 12.6. The van der Waals surface area contributed by atoms with Gasteiger partial charge in [-0.1, -0.05) is 0 Å². The summed E-state index contributed by atoms with van der Waals surface area (Å²) < 4.78 is 1.27. The monoisotopic (exact) mass is 309 g/mol. The van der Waals surface area contributed by atoms with E-state index in [1.54, 1.807) is 39.1 Å². The topological polar surface area (TPSA) is 84.2 Å². The molecule has 0 saturated carbocycles. The zero-order valence-corrected chi connectivity index (χ0v) is 13.3. The Labute approximate surface area is 126 Å². The van der Waals surface area contributed by atoms with Gasteiger partial charge in [-0.2, -0.15) is 0 Å². The number of aliphatic hydroxyl groups is 1. The van der Waals surface area contributed by atoms with Crippen LogP contribution in [0.25, 0.3) is 10.2 Å². The molecule has 0 spiro atoms. The standard InChI is InChI=1S/C14H19N3O3S/c1-13(2,14(3,4)20)16-10(18)7-17-8-15-11-9(12(17)19)5-6-21-11/h5-6,8,20H,7H2,1-4H3,(H,16,18). The maximum atomic E-state index is 12.2. The van der Waals surface area contributed by atoms with Gasteiger partial charge in [-0.15, -0.1) is 11.3 Å². The molecule has 2 heterocycles. The van der Waals surface area contributed by atoms with Gasteiger partial charge in [0, 0.05) is 0 Å². The number of carbonyl (C=O) groups excluding carboxylic acids is 1. The van der Waals surface area contributed by atoms with Gasteiger partial charge in [0.05, 0.1) is 22.9 Å². The molecule has 1 amide bonds. The zero-order chi connectivity index (χ0) is 15.8. The van der Waals surface area contributed by atoms with Crippen LogP contribution in [-0.2, 0) is 11.3 Å². The fourth-order valence-corrected chi connectivity index (χ4v) is 2.43. The summed E-state index contributed by atoms with van der Waals surface area (Å²) in [4.78, 5) is 29.1. The summed E-state index contributed by atoms with van der Waals surface area (Å²) in [5, 5.41) is 15.1. The van der Waals surface area contributed by atoms with Crippen molar-refractivity contribution in [2.75, 3.05) is 0 Å². The first kappa shape index (κ1) is 15.7. The number of rotatable bonds is 4. The van der Waals surface area contributed by atoms with E-state index < -0.39 is 11.1 Å². The maximum absolute atomic E-state index is 12.2. The molecular weight excluding hydrogens is 290 g/mol. The van der Waals surface area contributed by atoms with Gasteiger partial charge in [-0.25, -0.2) is 4.98 Å². The fourth-order valence-electron chi connectivity index (χ4n) is 1.70. The highest BCUT2D eigenvalue weighted by Gasteiger charge is 2.36. The predicted molar refractivity (Wildman–Crippen MR) is 82.4 cm³/mol. The SMILES string of the molecule is CC(C)(O)C(C)(C)NC(=O)Cn1cnc2sccc2c1=O. The minimum atomic E-state index is -1.08. The average molecular weight is 309 g/mol. The van der Waals surface area contributed by atoms with Crippen molar-refractivity contribution in [3.8, 4) is 0 Å². The summed E-state index contributed by atoms with van der Waals surface area (Å²) in [6, 6.07) is 1.70. The van der Waals surface area contributed by atoms with Crippen molar-refractivity contribution < 1.29 is 9.90 Å². The fraction of sp³-hybridized carbons (Fsp3) is 0.500. The first-order chi connectivity index (χ1) is 9.62. The Morgan fingerprint density at radius 3 is 2.71 bits per heavy atom. The highest BCUT2D eigenvalue weighted by Crippen LogP contribution is 2.20. The van der Waals surface area contributed by atoms with Gasteiger partial charge in [-0.05, 0) is 39.1 Å². The van der Waals surface area contributed by atoms with Crippen molar-refractivity contribution in [1.82, 2.24) is 14.9 Å². The highest BCUT2D eigenvalue weighted by molar-refractivity contribution is 7.16. The van der Waals surface area contributed by atoms with Crippen LogP contribution in [0.2, 0.25) is 0 Å². The number of thiophene rings is 1. The molecule has 0 atom stereocenters. The van der Waals surface area contributed by atoms with Crippen LogP contribution >= 0.6 is 11.3 Å². The number of carbonyl (C=O) groups is 1. The number of nitrogens with zero attached hydrogens (tertiary/aromatic N) is 2. The van der Waals surface area contributed by atoms with Crippen LogP contribution < -0.4 is 10.9 Å². The number of aromatic nitrogens is 2. The lowest BCUT2D eigenvalue weighted by Gasteiger charge is -2.38. The summed E-state index contributed by atoms with van der Waals surface area (Å²) in [6.45, 7) is 6.58. The first-order valence-electron chi connectivity index (χ1n) is 6.58. The lowest BCUT2D eigenvalue weighted by atomic mass is 9.86. The Balaban J connectivity index is 2.19. The Kier molecular flexibility index (Phi) is 3.90. The van der Waals surface area contributed by atoms with E-state index in [9.17, 15) is 14.7 Å². The van der Waals surface area contributed by atoms with E-state index in [2.05, 4.69) is 10.3 Å². The van der Waals surface area contributed by atoms with Crippen molar-refractivity contribution in [3.05, 3.63) is 28.1 Å². The highest BCUT2D eigenvalue weighted by atomic mass is 32.1. The van der Waals surface area contributed by atoms with Gasteiger partial charge >= 0.3 is 0 Å². The van der Waals surface area contributed by atoms with Crippen LogP contribution in [0.15, 0.2) is 22.6 Å². The van der Waals surface area contributed by atoms with Crippen LogP contribution in [0.5, 0.6) is 0 Å². The van der Waals surface area contributed by atoms with E-state index in [1.165, 1.54) is 22.2 Å². The van der Waals surface area contributed by atoms with Crippen molar-refractivity contribution in [3.63, 3.8) is 0 Å². The van der Waals surface area contributed by atoms with E-state index in [0.29, 0.717) is 10.2 Å². The Morgan fingerprint density at radius 1 is 1.43 bits per heavy atom. The smallest absolute Gasteiger partial charge is 0.262 e. The number of amides is 1. The molecule has 114 valence electrons. The van der Waals surface area contributed by atoms with Gasteiger partial charge in [0.2, 0.25) is 5.91 Å². The van der Waals surface area contributed by atoms with Crippen molar-refractivity contribution in [2.24, 2.45) is 0 Å². The molecule has 0 unspecified atom stereocenters. The lowest BCUT2D eigenvalue weighted by molar-refractivity contribution is -0.126. The molecule has 21 heavy (non-hydrogen) atoms. The second-order valence-electron chi connectivity index (χ2n) is 6.05. The Morgan fingerprint density at radius 2 is 2.10 bits per heavy atom. The van der Waals surface area contributed by atoms with Crippen LogP contribution in [-0.4, -0.2) is 31.7 Å². The third-order valence-corrected chi connectivity index (χ3v) is 4.57. The molecule has 0 aliphatic rings. The maximum Gasteiger partial charge on any atom is 0.262 e. The molecule has 0 aromatic carbocycles. The van der Waals surface area contributed by atoms with E-state index >= 15 is 0 Å². The number of hydrogen-bond acceptors (Lipinski definition) is 5. The second kappa shape index (κ2) is 5.23. The molecule has 2 aromatic heterocycles. The van der Waals surface area contributed by atoms with E-state index in [4.69, 9.17) is 0 Å². The molecule has 2 aromatic rings. The lowest BCUT2D eigenvalue weighted by Crippen LogP contribution is -2.58. The summed E-state index contributed by atoms with van der Waals surface area (Å²) in [5.41, 5.74) is -2.13. The molecule has 0 radical (unpaired) electrons.